The van der Waals surface area contributed by atoms with Crippen molar-refractivity contribution >= 4 is 12.0 Å². The fourth-order valence-corrected chi connectivity index (χ4v) is 2.55. The minimum atomic E-state index is -4.44. The van der Waals surface area contributed by atoms with Crippen LogP contribution < -0.4 is 14.8 Å². The van der Waals surface area contributed by atoms with Crippen LogP contribution in [0.4, 0.5) is 13.2 Å². The highest BCUT2D eigenvalue weighted by Crippen LogP contribution is 2.32. The van der Waals surface area contributed by atoms with Gasteiger partial charge >= 0.3 is 6.18 Å². The van der Waals surface area contributed by atoms with Crippen LogP contribution in [0.25, 0.3) is 6.08 Å². The Bertz CT molecular complexity index is 976. The van der Waals surface area contributed by atoms with Gasteiger partial charge in [0.1, 0.15) is 18.2 Å². The molecule has 1 N–H and O–H groups in total. The van der Waals surface area contributed by atoms with Crippen molar-refractivity contribution in [2.75, 3.05) is 7.11 Å². The molecule has 0 saturated carbocycles. The highest BCUT2D eigenvalue weighted by molar-refractivity contribution is 6.01. The number of ether oxygens (including phenoxy) is 2. The average Bonchev–Trinajstić information content (AvgIpc) is 2.69. The maximum Gasteiger partial charge on any atom is 0.416 e. The maximum absolute atomic E-state index is 12.9. The Morgan fingerprint density at radius 2 is 1.93 bits per heavy atom. The Kier molecular flexibility index (Phi) is 7.48. The Balaban J connectivity index is 2.26. The number of carbonyl (C=O) groups excluding carboxylic acids is 1. The van der Waals surface area contributed by atoms with E-state index in [1.54, 1.807) is 32.0 Å². The monoisotopic (exact) mass is 418 g/mol. The number of alkyl halides is 3. The second-order valence-electron chi connectivity index (χ2n) is 6.70. The Labute approximate surface area is 172 Å². The number of nitriles is 1. The van der Waals surface area contributed by atoms with E-state index in [1.807, 2.05) is 6.07 Å². The highest BCUT2D eigenvalue weighted by atomic mass is 19.4. The quantitative estimate of drug-likeness (QED) is 0.522. The molecular weight excluding hydrogens is 397 g/mol. The van der Waals surface area contributed by atoms with Gasteiger partial charge in [0.05, 0.1) is 12.7 Å². The number of carbonyl (C=O) groups is 1. The summed E-state index contributed by atoms with van der Waals surface area (Å²) < 4.78 is 49.5. The van der Waals surface area contributed by atoms with Gasteiger partial charge in [0, 0.05) is 6.04 Å². The van der Waals surface area contributed by atoms with E-state index in [-0.39, 0.29) is 24.0 Å². The van der Waals surface area contributed by atoms with E-state index in [0.29, 0.717) is 16.9 Å². The molecule has 0 atom stereocenters. The third kappa shape index (κ3) is 6.27. The van der Waals surface area contributed by atoms with Crippen LogP contribution in [0.5, 0.6) is 11.5 Å². The Hall–Kier alpha value is -3.47. The minimum Gasteiger partial charge on any atom is -0.493 e. The molecule has 0 bridgehead atoms. The molecule has 0 aliphatic rings. The molecule has 0 spiro atoms. The van der Waals surface area contributed by atoms with Gasteiger partial charge in [0.2, 0.25) is 0 Å². The first-order valence-electron chi connectivity index (χ1n) is 9.03. The number of hydrogen-bond donors (Lipinski definition) is 1. The van der Waals surface area contributed by atoms with Crippen LogP contribution in [0.3, 0.4) is 0 Å². The molecule has 0 fully saturated rings. The molecule has 158 valence electrons. The number of rotatable bonds is 7. The summed E-state index contributed by atoms with van der Waals surface area (Å²) in [7, 11) is 1.43. The fraction of sp³-hybridized carbons (Fsp3) is 0.273. The zero-order valence-corrected chi connectivity index (χ0v) is 16.7. The van der Waals surface area contributed by atoms with Crippen molar-refractivity contribution in [3.63, 3.8) is 0 Å². The molecule has 0 saturated heterocycles. The maximum atomic E-state index is 12.9. The number of amides is 1. The van der Waals surface area contributed by atoms with Gasteiger partial charge in [-0.1, -0.05) is 18.2 Å². The van der Waals surface area contributed by atoms with Crippen molar-refractivity contribution < 1.29 is 27.4 Å². The van der Waals surface area contributed by atoms with Gasteiger partial charge in [-0.05, 0) is 55.3 Å². The molecule has 1 amide bonds. The van der Waals surface area contributed by atoms with Crippen LogP contribution in [-0.2, 0) is 17.6 Å². The van der Waals surface area contributed by atoms with Crippen molar-refractivity contribution in [2.24, 2.45) is 0 Å². The molecule has 0 unspecified atom stereocenters. The largest absolute Gasteiger partial charge is 0.493 e. The molecule has 0 heterocycles. The lowest BCUT2D eigenvalue weighted by Gasteiger charge is -2.13. The smallest absolute Gasteiger partial charge is 0.416 e. The predicted octanol–water partition coefficient (Wildman–Crippen LogP) is 4.72. The molecule has 2 rings (SSSR count). The fourth-order valence-electron chi connectivity index (χ4n) is 2.55. The molecule has 2 aromatic carbocycles. The number of nitrogens with one attached hydrogen (secondary N) is 1. The first-order chi connectivity index (χ1) is 14.1. The number of hydrogen-bond acceptors (Lipinski definition) is 4. The van der Waals surface area contributed by atoms with Gasteiger partial charge in [-0.25, -0.2) is 0 Å². The van der Waals surface area contributed by atoms with Gasteiger partial charge in [-0.15, -0.1) is 0 Å². The van der Waals surface area contributed by atoms with E-state index in [2.05, 4.69) is 5.32 Å². The summed E-state index contributed by atoms with van der Waals surface area (Å²) in [5, 5.41) is 11.9. The molecule has 8 heteroatoms. The van der Waals surface area contributed by atoms with Crippen molar-refractivity contribution in [1.82, 2.24) is 5.32 Å². The third-order valence-electron chi connectivity index (χ3n) is 3.93. The molecular formula is C22H21F3N2O3. The summed E-state index contributed by atoms with van der Waals surface area (Å²) in [5.74, 6) is 0.129. The second kappa shape index (κ2) is 9.83. The van der Waals surface area contributed by atoms with Gasteiger partial charge < -0.3 is 14.8 Å². The predicted molar refractivity (Wildman–Crippen MR) is 106 cm³/mol. The highest BCUT2D eigenvalue weighted by Gasteiger charge is 2.30. The summed E-state index contributed by atoms with van der Waals surface area (Å²) in [6.07, 6.45) is -3.04. The topological polar surface area (TPSA) is 71.3 Å². The van der Waals surface area contributed by atoms with Crippen LogP contribution in [0.1, 0.15) is 30.5 Å². The van der Waals surface area contributed by atoms with Crippen molar-refractivity contribution in [1.29, 1.82) is 5.26 Å². The van der Waals surface area contributed by atoms with Crippen LogP contribution in [-0.4, -0.2) is 19.1 Å². The lowest BCUT2D eigenvalue weighted by atomic mass is 10.1. The average molecular weight is 418 g/mol. The van der Waals surface area contributed by atoms with Gasteiger partial charge in [-0.2, -0.15) is 18.4 Å². The molecule has 5 nitrogen and oxygen atoms in total. The van der Waals surface area contributed by atoms with Crippen LogP contribution >= 0.6 is 0 Å². The first-order valence-corrected chi connectivity index (χ1v) is 9.03. The lowest BCUT2D eigenvalue weighted by molar-refractivity contribution is -0.137. The molecule has 0 aromatic heterocycles. The van der Waals surface area contributed by atoms with Crippen molar-refractivity contribution in [2.45, 2.75) is 32.7 Å². The van der Waals surface area contributed by atoms with E-state index in [0.717, 1.165) is 12.1 Å². The standard InChI is InChI=1S/C22H21F3N2O3/c1-14(2)27-21(28)17(12-26)9-15-7-8-19(29-3)20(11-15)30-13-16-5-4-6-18(10-16)22(23,24)25/h4-11,14H,13H2,1-3H3,(H,27,28)/b17-9-. The number of benzene rings is 2. The number of methoxy groups -OCH3 is 1. The number of halogens is 3. The molecule has 0 radical (unpaired) electrons. The molecule has 0 aliphatic heterocycles. The summed E-state index contributed by atoms with van der Waals surface area (Å²) in [6, 6.07) is 11.3. The van der Waals surface area contributed by atoms with E-state index in [9.17, 15) is 23.2 Å². The minimum absolute atomic E-state index is 0.0855. The summed E-state index contributed by atoms with van der Waals surface area (Å²) in [6.45, 7) is 3.44. The second-order valence-corrected chi connectivity index (χ2v) is 6.70. The molecule has 0 aliphatic carbocycles. The Morgan fingerprint density at radius 1 is 1.20 bits per heavy atom. The zero-order chi connectivity index (χ0) is 22.3. The lowest BCUT2D eigenvalue weighted by Crippen LogP contribution is -2.30. The van der Waals surface area contributed by atoms with E-state index in [4.69, 9.17) is 9.47 Å². The number of nitrogens with zero attached hydrogens (tertiary/aromatic N) is 1. The van der Waals surface area contributed by atoms with Crippen LogP contribution in [0.2, 0.25) is 0 Å². The molecule has 30 heavy (non-hydrogen) atoms. The van der Waals surface area contributed by atoms with Gasteiger partial charge in [0.15, 0.2) is 11.5 Å². The first kappa shape index (κ1) is 22.8. The van der Waals surface area contributed by atoms with Crippen molar-refractivity contribution in [3.8, 4) is 17.6 Å². The van der Waals surface area contributed by atoms with Crippen LogP contribution in [0, 0.1) is 11.3 Å². The summed E-state index contributed by atoms with van der Waals surface area (Å²) >= 11 is 0. The van der Waals surface area contributed by atoms with Crippen LogP contribution in [0.15, 0.2) is 48.0 Å². The molecule has 2 aromatic rings. The van der Waals surface area contributed by atoms with Crippen molar-refractivity contribution in [3.05, 3.63) is 64.7 Å². The van der Waals surface area contributed by atoms with E-state index in [1.165, 1.54) is 25.3 Å². The summed E-state index contributed by atoms with van der Waals surface area (Å²) in [5.41, 5.74) is -0.00748. The third-order valence-corrected chi connectivity index (χ3v) is 3.93. The normalized spacial score (nSPS) is 11.7. The van der Waals surface area contributed by atoms with E-state index < -0.39 is 17.6 Å². The summed E-state index contributed by atoms with van der Waals surface area (Å²) in [4.78, 5) is 12.1. The van der Waals surface area contributed by atoms with Gasteiger partial charge in [0.25, 0.3) is 5.91 Å². The SMILES string of the molecule is COc1ccc(/C=C(/C#N)C(=O)NC(C)C)cc1OCc1cccc(C(F)(F)F)c1. The van der Waals surface area contributed by atoms with Gasteiger partial charge in [-0.3, -0.25) is 4.79 Å². The Morgan fingerprint density at radius 3 is 2.53 bits per heavy atom. The zero-order valence-electron chi connectivity index (χ0n) is 16.7. The van der Waals surface area contributed by atoms with E-state index >= 15 is 0 Å².